The highest BCUT2D eigenvalue weighted by Gasteiger charge is 2.64. The summed E-state index contributed by atoms with van der Waals surface area (Å²) in [6.45, 7) is 0. The summed E-state index contributed by atoms with van der Waals surface area (Å²) in [5.41, 5.74) is 4.18. The molecule has 4 rings (SSSR count). The number of anilines is 1. The van der Waals surface area contributed by atoms with Crippen LogP contribution in [0.4, 0.5) is 5.13 Å². The van der Waals surface area contributed by atoms with Gasteiger partial charge in [-0.25, -0.2) is 9.78 Å². The van der Waals surface area contributed by atoms with E-state index in [2.05, 4.69) is 19.9 Å². The molecule has 2 aromatic heterocycles. The van der Waals surface area contributed by atoms with Gasteiger partial charge in [0.15, 0.2) is 10.7 Å². The molecule has 5 N–H and O–H groups in total. The minimum atomic E-state index is -1.68. The van der Waals surface area contributed by atoms with Crippen LogP contribution in [-0.4, -0.2) is 75.5 Å². The average molecular weight is 539 g/mol. The highest BCUT2D eigenvalue weighted by molar-refractivity contribution is 8.00. The van der Waals surface area contributed by atoms with E-state index in [0.29, 0.717) is 10.5 Å². The third-order valence-electron chi connectivity index (χ3n) is 5.00. The number of carboxylic acids is 2. The Kier molecular flexibility index (Phi) is 6.48. The van der Waals surface area contributed by atoms with Crippen molar-refractivity contribution in [1.82, 2.24) is 24.8 Å². The number of aliphatic carboxylic acids is 2. The molecule has 0 aliphatic carbocycles. The fourth-order valence-electron chi connectivity index (χ4n) is 3.49. The second-order valence-corrected chi connectivity index (χ2v) is 9.96. The first-order chi connectivity index (χ1) is 16.2. The Morgan fingerprint density at radius 3 is 2.71 bits per heavy atom. The molecule has 0 spiro atoms. The fourth-order valence-corrected chi connectivity index (χ4v) is 6.54. The molecule has 2 aromatic rings. The van der Waals surface area contributed by atoms with Gasteiger partial charge in [0.2, 0.25) is 0 Å². The van der Waals surface area contributed by atoms with Crippen molar-refractivity contribution in [3.63, 3.8) is 0 Å². The van der Waals surface area contributed by atoms with Gasteiger partial charge in [-0.05, 0) is 11.5 Å². The normalized spacial score (nSPS) is 22.1. The molecule has 1 saturated heterocycles. The summed E-state index contributed by atoms with van der Waals surface area (Å²) < 4.78 is 3.75. The monoisotopic (exact) mass is 538 g/mol. The molecule has 0 radical (unpaired) electrons. The third kappa shape index (κ3) is 3.97. The van der Waals surface area contributed by atoms with E-state index in [1.165, 1.54) is 23.3 Å². The largest absolute Gasteiger partial charge is 0.481 e. The van der Waals surface area contributed by atoms with E-state index in [9.17, 15) is 24.3 Å². The first-order valence-electron chi connectivity index (χ1n) is 9.31. The molecular weight excluding hydrogens is 525 g/mol. The van der Waals surface area contributed by atoms with Crippen LogP contribution in [0, 0.1) is 0 Å². The van der Waals surface area contributed by atoms with Crippen LogP contribution in [0.15, 0.2) is 23.3 Å². The maximum Gasteiger partial charge on any atom is 0.353 e. The van der Waals surface area contributed by atoms with Crippen molar-refractivity contribution in [2.45, 2.75) is 17.3 Å². The van der Waals surface area contributed by atoms with Crippen LogP contribution in [0.25, 0.3) is 11.1 Å². The third-order valence-corrected chi connectivity index (χ3v) is 8.12. The van der Waals surface area contributed by atoms with Crippen molar-refractivity contribution in [3.8, 4) is 0 Å². The van der Waals surface area contributed by atoms with E-state index in [1.54, 1.807) is 0 Å². The lowest BCUT2D eigenvalue weighted by Crippen LogP contribution is -2.80. The van der Waals surface area contributed by atoms with E-state index in [4.69, 9.17) is 23.1 Å². The minimum Gasteiger partial charge on any atom is -0.481 e. The Balaban J connectivity index is 1.67. The Hall–Kier alpha value is -3.21. The van der Waals surface area contributed by atoms with Crippen LogP contribution in [-0.2, 0) is 19.2 Å². The molecule has 0 saturated carbocycles. The highest BCUT2D eigenvalue weighted by atomic mass is 32.2. The topological polar surface area (TPSA) is 189 Å². The Bertz CT molecular complexity index is 1270. The molecule has 16 heteroatoms. The predicted octanol–water partition coefficient (Wildman–Crippen LogP) is 0.701. The maximum absolute atomic E-state index is 13.3. The molecule has 0 unspecified atom stereocenters. The number of thioether (sulfide) groups is 1. The molecule has 2 atom stereocenters. The van der Waals surface area contributed by atoms with Gasteiger partial charge in [-0.15, -0.1) is 28.2 Å². The van der Waals surface area contributed by atoms with Crippen LogP contribution in [0.1, 0.15) is 17.0 Å². The predicted molar refractivity (Wildman–Crippen MR) is 129 cm³/mol. The summed E-state index contributed by atoms with van der Waals surface area (Å²) in [7, 11) is 0. The van der Waals surface area contributed by atoms with Gasteiger partial charge in [0.05, 0.1) is 28.8 Å². The minimum absolute atomic E-state index is 0.0935. The van der Waals surface area contributed by atoms with Gasteiger partial charge in [0, 0.05) is 22.1 Å². The Labute approximate surface area is 208 Å². The number of nitrogens with one attached hydrogen (secondary N) is 1. The van der Waals surface area contributed by atoms with E-state index in [0.717, 1.165) is 39.2 Å². The van der Waals surface area contributed by atoms with Gasteiger partial charge in [0.1, 0.15) is 11.1 Å². The van der Waals surface area contributed by atoms with Gasteiger partial charge in [-0.3, -0.25) is 19.3 Å². The summed E-state index contributed by atoms with van der Waals surface area (Å²) >= 11 is 8.38. The van der Waals surface area contributed by atoms with E-state index in [1.807, 2.05) is 0 Å². The zero-order valence-corrected chi connectivity index (χ0v) is 20.1. The average Bonchev–Trinajstić information content (AvgIpc) is 3.48. The Morgan fingerprint density at radius 2 is 2.15 bits per heavy atom. The molecule has 0 aromatic carbocycles. The number of amides is 2. The van der Waals surface area contributed by atoms with Crippen molar-refractivity contribution < 1.29 is 29.4 Å². The van der Waals surface area contributed by atoms with Crippen LogP contribution >= 0.6 is 46.8 Å². The number of fused-ring (bicyclic) bond motifs is 1. The van der Waals surface area contributed by atoms with E-state index >= 15 is 0 Å². The molecule has 34 heavy (non-hydrogen) atoms. The summed E-state index contributed by atoms with van der Waals surface area (Å²) in [6, 6.07) is 0. The van der Waals surface area contributed by atoms with Crippen LogP contribution < -0.4 is 11.1 Å². The molecule has 2 amide bonds. The molecule has 2 aliphatic rings. The zero-order valence-electron chi connectivity index (χ0n) is 16.8. The zero-order chi connectivity index (χ0) is 24.6. The molecule has 12 nitrogen and oxygen atoms in total. The van der Waals surface area contributed by atoms with Crippen molar-refractivity contribution in [2.75, 3.05) is 11.5 Å². The lowest BCUT2D eigenvalue weighted by molar-refractivity contribution is -0.153. The lowest BCUT2D eigenvalue weighted by atomic mass is 9.87. The maximum atomic E-state index is 13.3. The van der Waals surface area contributed by atoms with Crippen molar-refractivity contribution in [3.05, 3.63) is 33.9 Å². The highest BCUT2D eigenvalue weighted by Crippen LogP contribution is 2.48. The van der Waals surface area contributed by atoms with E-state index < -0.39 is 41.1 Å². The van der Waals surface area contributed by atoms with Crippen LogP contribution in [0.3, 0.4) is 0 Å². The second-order valence-electron chi connectivity index (χ2n) is 6.98. The van der Waals surface area contributed by atoms with Gasteiger partial charge >= 0.3 is 11.9 Å². The number of nitrogen functional groups attached to an aromatic ring is 1. The number of β-lactam (4-membered cyclic amide) rings is 1. The number of hydrogen-bond acceptors (Lipinski definition) is 12. The molecule has 176 valence electrons. The van der Waals surface area contributed by atoms with E-state index in [-0.39, 0.29) is 27.8 Å². The summed E-state index contributed by atoms with van der Waals surface area (Å²) in [5, 5.41) is 27.1. The molecule has 4 heterocycles. The summed E-state index contributed by atoms with van der Waals surface area (Å²) in [6.07, 6.45) is 2.11. The number of carbonyl (C=O) groups excluding carboxylic acids is 2. The number of hydrogen-bond donors (Lipinski definition) is 4. The van der Waals surface area contributed by atoms with Crippen molar-refractivity contribution in [1.29, 1.82) is 0 Å². The number of thiocarbonyl (C=S) groups is 1. The number of nitrogens with zero attached hydrogens (tertiary/aromatic N) is 4. The standard InChI is InChI=1S/C18H14N6O6S4/c19-17-21-9(5-33-17)7(1-2-11(25)26)13(27)22-18(6-31)15(30)24-12(14(28)29)8(4-32-16(18)24)10-3-20-23-34-10/h1,3,5-6,16H,2,4H2,(H2,19,21)(H,22,27)(H,25,26)(H,28,29)/t16-,18+/m0/s1. The van der Waals surface area contributed by atoms with Crippen molar-refractivity contribution >= 4 is 92.2 Å². The molecular formula is C18H14N6O6S4. The van der Waals surface area contributed by atoms with Gasteiger partial charge < -0.3 is 21.3 Å². The first-order valence-corrected chi connectivity index (χ1v) is 12.5. The smallest absolute Gasteiger partial charge is 0.353 e. The fraction of sp³-hybridized carbons (Fsp3) is 0.222. The van der Waals surface area contributed by atoms with Crippen LogP contribution in [0.2, 0.25) is 0 Å². The first kappa shape index (κ1) is 23.9. The lowest BCUT2D eigenvalue weighted by Gasteiger charge is -2.55. The number of carboxylic acid groups (broad SMARTS) is 2. The second kappa shape index (κ2) is 9.21. The molecule has 2 aliphatic heterocycles. The molecule has 0 bridgehead atoms. The van der Waals surface area contributed by atoms with Gasteiger partial charge in [0.25, 0.3) is 11.8 Å². The quantitative estimate of drug-likeness (QED) is 0.209. The number of rotatable bonds is 8. The summed E-state index contributed by atoms with van der Waals surface area (Å²) in [5.74, 6) is -3.79. The number of carbonyl (C=O) groups is 4. The number of nitrogens with two attached hydrogens (primary N) is 1. The van der Waals surface area contributed by atoms with Crippen LogP contribution in [0.5, 0.6) is 0 Å². The SMILES string of the molecule is Nc1nc(C(=CCC(=O)O)C(=O)N[C@]2(C=S)C(=O)N3C(C(=O)O)=C(c4cnns4)CS[C@H]32)cs1. The molecule has 1 fully saturated rings. The number of thiazole rings is 1. The van der Waals surface area contributed by atoms with Gasteiger partial charge in [-0.1, -0.05) is 22.8 Å². The summed E-state index contributed by atoms with van der Waals surface area (Å²) in [4.78, 5) is 55.2. The van der Waals surface area contributed by atoms with Gasteiger partial charge in [-0.2, -0.15) is 0 Å². The number of aromatic nitrogens is 3. The Morgan fingerprint density at radius 1 is 1.38 bits per heavy atom. The van der Waals surface area contributed by atoms with Crippen molar-refractivity contribution in [2.24, 2.45) is 0 Å².